The van der Waals surface area contributed by atoms with E-state index in [2.05, 4.69) is 61.4 Å². The molecule has 1 aromatic rings. The van der Waals surface area contributed by atoms with E-state index in [1.165, 1.54) is 18.5 Å². The molecule has 118 valence electrons. The zero-order valence-electron chi connectivity index (χ0n) is 14.0. The lowest BCUT2D eigenvalue weighted by Crippen LogP contribution is -2.37. The van der Waals surface area contributed by atoms with Crippen LogP contribution in [0.2, 0.25) is 0 Å². The average molecular weight is 290 g/mol. The zero-order chi connectivity index (χ0) is 15.2. The highest BCUT2D eigenvalue weighted by molar-refractivity contribution is 5.47. The molecule has 1 N–H and O–H groups in total. The van der Waals surface area contributed by atoms with Gasteiger partial charge in [-0.15, -0.1) is 0 Å². The number of aromatic nitrogens is 1. The van der Waals surface area contributed by atoms with Crippen LogP contribution in [0.1, 0.15) is 44.8 Å². The Morgan fingerprint density at radius 1 is 1.38 bits per heavy atom. The molecule has 1 fully saturated rings. The minimum Gasteiger partial charge on any atom is -0.366 e. The summed E-state index contributed by atoms with van der Waals surface area (Å²) in [5.41, 5.74) is 2.43. The van der Waals surface area contributed by atoms with Gasteiger partial charge in [-0.25, -0.2) is 0 Å². The van der Waals surface area contributed by atoms with Crippen molar-refractivity contribution < 1.29 is 0 Å². The number of pyridine rings is 1. The van der Waals surface area contributed by atoms with E-state index in [-0.39, 0.29) is 0 Å². The molecule has 2 heterocycles. The van der Waals surface area contributed by atoms with Crippen LogP contribution in [0.15, 0.2) is 18.3 Å². The van der Waals surface area contributed by atoms with Gasteiger partial charge in [-0.2, -0.15) is 0 Å². The maximum absolute atomic E-state index is 4.71. The molecule has 4 nitrogen and oxygen atoms in total. The maximum Gasteiger partial charge on any atom is 0.0574 e. The molecular weight excluding hydrogens is 260 g/mol. The number of likely N-dealkylation sites (N-methyl/N-ethyl adjacent to an activating group) is 1. The van der Waals surface area contributed by atoms with Gasteiger partial charge in [-0.1, -0.05) is 13.8 Å². The molecular formula is C17H30N4. The Labute approximate surface area is 129 Å². The second kappa shape index (κ2) is 7.76. The van der Waals surface area contributed by atoms with Crippen LogP contribution in [0.5, 0.6) is 0 Å². The summed E-state index contributed by atoms with van der Waals surface area (Å²) in [6, 6.07) is 5.44. The summed E-state index contributed by atoms with van der Waals surface area (Å²) >= 11 is 0. The van der Waals surface area contributed by atoms with Crippen LogP contribution in [0.3, 0.4) is 0 Å². The van der Waals surface area contributed by atoms with E-state index in [9.17, 15) is 0 Å². The molecule has 1 saturated heterocycles. The van der Waals surface area contributed by atoms with Crippen molar-refractivity contribution in [1.29, 1.82) is 0 Å². The van der Waals surface area contributed by atoms with E-state index in [0.717, 1.165) is 31.7 Å². The summed E-state index contributed by atoms with van der Waals surface area (Å²) in [4.78, 5) is 9.51. The van der Waals surface area contributed by atoms with Crippen LogP contribution in [0.4, 0.5) is 5.69 Å². The van der Waals surface area contributed by atoms with Gasteiger partial charge in [-0.05, 0) is 52.0 Å². The summed E-state index contributed by atoms with van der Waals surface area (Å²) in [6.07, 6.45) is 5.71. The summed E-state index contributed by atoms with van der Waals surface area (Å²) in [7, 11) is 4.31. The van der Waals surface area contributed by atoms with Gasteiger partial charge in [-0.3, -0.25) is 4.98 Å². The van der Waals surface area contributed by atoms with Crippen LogP contribution >= 0.6 is 0 Å². The molecule has 2 rings (SSSR count). The Morgan fingerprint density at radius 3 is 2.76 bits per heavy atom. The second-order valence-electron chi connectivity index (χ2n) is 6.21. The molecule has 1 aromatic heterocycles. The molecule has 4 heteroatoms. The molecule has 0 saturated carbocycles. The van der Waals surface area contributed by atoms with Crippen LogP contribution in [-0.2, 0) is 0 Å². The van der Waals surface area contributed by atoms with Crippen LogP contribution < -0.4 is 10.2 Å². The molecule has 1 aliphatic heterocycles. The fourth-order valence-corrected chi connectivity index (χ4v) is 3.26. The minimum absolute atomic E-state index is 0.375. The van der Waals surface area contributed by atoms with Crippen molar-refractivity contribution in [2.75, 3.05) is 38.6 Å². The monoisotopic (exact) mass is 290 g/mol. The first-order chi connectivity index (χ1) is 10.2. The summed E-state index contributed by atoms with van der Waals surface area (Å²) in [6.45, 7) is 7.61. The largest absolute Gasteiger partial charge is 0.366 e. The topological polar surface area (TPSA) is 31.4 Å². The van der Waals surface area contributed by atoms with Crippen LogP contribution in [-0.4, -0.2) is 49.7 Å². The van der Waals surface area contributed by atoms with Crippen molar-refractivity contribution in [2.45, 2.75) is 45.2 Å². The number of hydrogen-bond donors (Lipinski definition) is 1. The van der Waals surface area contributed by atoms with Gasteiger partial charge < -0.3 is 15.1 Å². The first-order valence-electron chi connectivity index (χ1n) is 8.26. The Kier molecular flexibility index (Phi) is 6.00. The Bertz CT molecular complexity index is 415. The molecule has 0 bridgehead atoms. The number of nitrogens with one attached hydrogen (secondary N) is 1. The van der Waals surface area contributed by atoms with E-state index in [1.54, 1.807) is 0 Å². The van der Waals surface area contributed by atoms with E-state index in [4.69, 9.17) is 4.98 Å². The van der Waals surface area contributed by atoms with Gasteiger partial charge in [0.05, 0.1) is 17.6 Å². The van der Waals surface area contributed by atoms with Crippen molar-refractivity contribution >= 4 is 5.69 Å². The fraction of sp³-hybridized carbons (Fsp3) is 0.706. The van der Waals surface area contributed by atoms with Gasteiger partial charge in [0.1, 0.15) is 0 Å². The Morgan fingerprint density at radius 2 is 2.19 bits per heavy atom. The van der Waals surface area contributed by atoms with E-state index in [1.807, 2.05) is 0 Å². The minimum atomic E-state index is 0.375. The predicted molar refractivity (Wildman–Crippen MR) is 89.9 cm³/mol. The lowest BCUT2D eigenvalue weighted by atomic mass is 10.1. The number of rotatable bonds is 7. The molecule has 0 spiro atoms. The average Bonchev–Trinajstić information content (AvgIpc) is 2.92. The normalized spacial score (nSPS) is 20.2. The lowest BCUT2D eigenvalue weighted by molar-refractivity contribution is 0.372. The van der Waals surface area contributed by atoms with E-state index < -0.39 is 0 Å². The standard InChI is InChI=1S/C17H30N4/c1-5-16(18-6-2)17-10-9-14(12-19-17)21-11-7-8-15(21)13-20(3)4/h9-10,12,15-16,18H,5-8,11,13H2,1-4H3. The zero-order valence-corrected chi connectivity index (χ0v) is 14.0. The number of hydrogen-bond acceptors (Lipinski definition) is 4. The van der Waals surface area contributed by atoms with Gasteiger partial charge in [0, 0.05) is 25.2 Å². The third-order valence-electron chi connectivity index (χ3n) is 4.27. The summed E-state index contributed by atoms with van der Waals surface area (Å²) in [5.74, 6) is 0. The van der Waals surface area contributed by atoms with Crippen molar-refractivity contribution in [3.8, 4) is 0 Å². The third-order valence-corrected chi connectivity index (χ3v) is 4.27. The van der Waals surface area contributed by atoms with Crippen LogP contribution in [0, 0.1) is 0 Å². The number of nitrogens with zero attached hydrogens (tertiary/aromatic N) is 3. The van der Waals surface area contributed by atoms with E-state index >= 15 is 0 Å². The molecule has 0 aromatic carbocycles. The van der Waals surface area contributed by atoms with Gasteiger partial charge in [0.2, 0.25) is 0 Å². The predicted octanol–water partition coefficient (Wildman–Crippen LogP) is 2.67. The fourth-order valence-electron chi connectivity index (χ4n) is 3.26. The van der Waals surface area contributed by atoms with Crippen molar-refractivity contribution in [3.05, 3.63) is 24.0 Å². The highest BCUT2D eigenvalue weighted by Gasteiger charge is 2.25. The Balaban J connectivity index is 2.07. The Hall–Kier alpha value is -1.13. The van der Waals surface area contributed by atoms with Gasteiger partial charge in [0.25, 0.3) is 0 Å². The van der Waals surface area contributed by atoms with Gasteiger partial charge >= 0.3 is 0 Å². The highest BCUT2D eigenvalue weighted by Crippen LogP contribution is 2.26. The summed E-state index contributed by atoms with van der Waals surface area (Å²) < 4.78 is 0. The van der Waals surface area contributed by atoms with Crippen molar-refractivity contribution in [3.63, 3.8) is 0 Å². The first-order valence-corrected chi connectivity index (χ1v) is 8.26. The molecule has 0 radical (unpaired) electrons. The summed E-state index contributed by atoms with van der Waals surface area (Å²) in [5, 5.41) is 3.49. The quantitative estimate of drug-likeness (QED) is 0.836. The molecule has 1 aliphatic rings. The molecule has 0 amide bonds. The van der Waals surface area contributed by atoms with Crippen molar-refractivity contribution in [2.24, 2.45) is 0 Å². The third kappa shape index (κ3) is 4.17. The van der Waals surface area contributed by atoms with Crippen molar-refractivity contribution in [1.82, 2.24) is 15.2 Å². The number of anilines is 1. The first kappa shape index (κ1) is 16.2. The smallest absolute Gasteiger partial charge is 0.0574 e. The SMILES string of the molecule is CCNC(CC)c1ccc(N2CCCC2CN(C)C)cn1. The molecule has 0 aliphatic carbocycles. The molecule has 2 unspecified atom stereocenters. The lowest BCUT2D eigenvalue weighted by Gasteiger charge is -2.29. The van der Waals surface area contributed by atoms with E-state index in [0.29, 0.717) is 12.1 Å². The highest BCUT2D eigenvalue weighted by atomic mass is 15.2. The van der Waals surface area contributed by atoms with Gasteiger partial charge in [0.15, 0.2) is 0 Å². The second-order valence-corrected chi connectivity index (χ2v) is 6.21. The molecule has 2 atom stereocenters. The molecule has 21 heavy (non-hydrogen) atoms. The van der Waals surface area contributed by atoms with Crippen LogP contribution in [0.25, 0.3) is 0 Å². The maximum atomic E-state index is 4.71.